The van der Waals surface area contributed by atoms with E-state index < -0.39 is 0 Å². The highest BCUT2D eigenvalue weighted by Gasteiger charge is 2.25. The number of nitrogens with zero attached hydrogens (tertiary/aromatic N) is 1. The molecule has 0 bridgehead atoms. The zero-order valence-electron chi connectivity index (χ0n) is 9.54. The van der Waals surface area contributed by atoms with Gasteiger partial charge in [-0.2, -0.15) is 0 Å². The third-order valence-corrected chi connectivity index (χ3v) is 3.01. The number of nitrogens with two attached hydrogens (primary N) is 1. The van der Waals surface area contributed by atoms with Crippen molar-refractivity contribution >= 4 is 0 Å². The minimum Gasteiger partial charge on any atom is -0.323 e. The summed E-state index contributed by atoms with van der Waals surface area (Å²) < 4.78 is 0. The Morgan fingerprint density at radius 1 is 1.43 bits per heavy atom. The van der Waals surface area contributed by atoms with Gasteiger partial charge in [-0.25, -0.2) is 0 Å². The second kappa shape index (κ2) is 4.09. The Hall–Kier alpha value is -0.890. The molecule has 14 heavy (non-hydrogen) atoms. The van der Waals surface area contributed by atoms with E-state index in [-0.39, 0.29) is 11.5 Å². The molecule has 2 N–H and O–H groups in total. The molecule has 0 aromatic carbocycles. The van der Waals surface area contributed by atoms with Crippen molar-refractivity contribution in [2.24, 2.45) is 11.1 Å². The largest absolute Gasteiger partial charge is 0.323 e. The van der Waals surface area contributed by atoms with Crippen LogP contribution >= 0.6 is 0 Å². The third-order valence-electron chi connectivity index (χ3n) is 3.01. The van der Waals surface area contributed by atoms with E-state index in [0.717, 1.165) is 12.0 Å². The van der Waals surface area contributed by atoms with Crippen molar-refractivity contribution in [3.8, 4) is 0 Å². The fraction of sp³-hybridized carbons (Fsp3) is 0.583. The van der Waals surface area contributed by atoms with Crippen molar-refractivity contribution in [3.05, 3.63) is 29.6 Å². The number of pyridine rings is 1. The standard InChI is InChI=1S/C12H20N2/c1-5-12(3,4)11(13)10-6-9(2)7-14-8-10/h6-8,11H,5,13H2,1-4H3. The Labute approximate surface area is 86.5 Å². The summed E-state index contributed by atoms with van der Waals surface area (Å²) in [6, 6.07) is 2.19. The molecule has 2 nitrogen and oxygen atoms in total. The van der Waals surface area contributed by atoms with Gasteiger partial charge in [-0.3, -0.25) is 4.98 Å². The molecule has 0 spiro atoms. The molecule has 1 heterocycles. The second-order valence-electron chi connectivity index (χ2n) is 4.62. The molecule has 0 saturated carbocycles. The van der Waals surface area contributed by atoms with Gasteiger partial charge in [0.2, 0.25) is 0 Å². The Bertz CT molecular complexity index is 305. The van der Waals surface area contributed by atoms with Gasteiger partial charge in [0.25, 0.3) is 0 Å². The zero-order chi connectivity index (χ0) is 10.8. The van der Waals surface area contributed by atoms with E-state index in [2.05, 4.69) is 31.8 Å². The predicted octanol–water partition coefficient (Wildman–Crippen LogP) is 2.83. The maximum Gasteiger partial charge on any atom is 0.0362 e. The lowest BCUT2D eigenvalue weighted by atomic mass is 9.79. The fourth-order valence-corrected chi connectivity index (χ4v) is 1.42. The highest BCUT2D eigenvalue weighted by molar-refractivity contribution is 5.21. The van der Waals surface area contributed by atoms with Gasteiger partial charge in [-0.05, 0) is 29.9 Å². The first-order valence-corrected chi connectivity index (χ1v) is 5.14. The minimum atomic E-state index is 0.0694. The van der Waals surface area contributed by atoms with Crippen LogP contribution in [0.3, 0.4) is 0 Å². The average Bonchev–Trinajstić information content (AvgIpc) is 2.16. The highest BCUT2D eigenvalue weighted by atomic mass is 14.7. The maximum absolute atomic E-state index is 6.21. The Balaban J connectivity index is 2.94. The number of rotatable bonds is 3. The van der Waals surface area contributed by atoms with Crippen LogP contribution in [0.25, 0.3) is 0 Å². The quantitative estimate of drug-likeness (QED) is 0.799. The first kappa shape index (κ1) is 11.2. The van der Waals surface area contributed by atoms with E-state index in [4.69, 9.17) is 5.73 Å². The van der Waals surface area contributed by atoms with Gasteiger partial charge in [0, 0.05) is 18.4 Å². The Morgan fingerprint density at radius 2 is 2.07 bits per heavy atom. The summed E-state index contributed by atoms with van der Waals surface area (Å²) in [4.78, 5) is 4.17. The molecule has 1 rings (SSSR count). The summed E-state index contributed by atoms with van der Waals surface area (Å²) in [7, 11) is 0. The van der Waals surface area contributed by atoms with Crippen molar-refractivity contribution < 1.29 is 0 Å². The van der Waals surface area contributed by atoms with Crippen molar-refractivity contribution in [1.82, 2.24) is 4.98 Å². The van der Waals surface area contributed by atoms with Crippen LogP contribution in [-0.4, -0.2) is 4.98 Å². The van der Waals surface area contributed by atoms with Crippen molar-refractivity contribution in [1.29, 1.82) is 0 Å². The van der Waals surface area contributed by atoms with Crippen LogP contribution in [0.5, 0.6) is 0 Å². The summed E-state index contributed by atoms with van der Waals surface area (Å²) >= 11 is 0. The van der Waals surface area contributed by atoms with Gasteiger partial charge in [-0.1, -0.05) is 26.8 Å². The van der Waals surface area contributed by atoms with E-state index >= 15 is 0 Å². The molecule has 1 aromatic heterocycles. The van der Waals surface area contributed by atoms with E-state index in [1.54, 1.807) is 0 Å². The molecular formula is C12H20N2. The van der Waals surface area contributed by atoms with Crippen molar-refractivity contribution in [2.45, 2.75) is 40.2 Å². The van der Waals surface area contributed by atoms with E-state index in [9.17, 15) is 0 Å². The molecule has 0 fully saturated rings. The SMILES string of the molecule is CCC(C)(C)C(N)c1cncc(C)c1. The molecule has 0 saturated heterocycles. The van der Waals surface area contributed by atoms with E-state index in [1.165, 1.54) is 5.56 Å². The summed E-state index contributed by atoms with van der Waals surface area (Å²) in [5.41, 5.74) is 8.65. The lowest BCUT2D eigenvalue weighted by Crippen LogP contribution is -2.28. The second-order valence-corrected chi connectivity index (χ2v) is 4.62. The summed E-state index contributed by atoms with van der Waals surface area (Å²) in [6.45, 7) is 8.60. The molecule has 78 valence electrons. The molecule has 0 aliphatic rings. The molecule has 0 aliphatic carbocycles. The number of hydrogen-bond acceptors (Lipinski definition) is 2. The van der Waals surface area contributed by atoms with Crippen molar-refractivity contribution in [3.63, 3.8) is 0 Å². The molecule has 0 aliphatic heterocycles. The van der Waals surface area contributed by atoms with Crippen LogP contribution in [0.2, 0.25) is 0 Å². The summed E-state index contributed by atoms with van der Waals surface area (Å²) in [5.74, 6) is 0. The predicted molar refractivity (Wildman–Crippen MR) is 60.0 cm³/mol. The first-order chi connectivity index (χ1) is 6.47. The zero-order valence-corrected chi connectivity index (χ0v) is 9.54. The number of hydrogen-bond donors (Lipinski definition) is 1. The third kappa shape index (κ3) is 2.32. The van der Waals surface area contributed by atoms with Crippen LogP contribution in [0.15, 0.2) is 18.5 Å². The molecule has 0 amide bonds. The minimum absolute atomic E-state index is 0.0694. The van der Waals surface area contributed by atoms with E-state index in [0.29, 0.717) is 0 Å². The molecule has 2 heteroatoms. The molecule has 1 unspecified atom stereocenters. The van der Waals surface area contributed by atoms with Gasteiger partial charge in [0.15, 0.2) is 0 Å². The van der Waals surface area contributed by atoms with Crippen LogP contribution in [0.4, 0.5) is 0 Å². The Kier molecular flexibility index (Phi) is 3.27. The van der Waals surface area contributed by atoms with Crippen LogP contribution in [-0.2, 0) is 0 Å². The lowest BCUT2D eigenvalue weighted by molar-refractivity contribution is 0.278. The summed E-state index contributed by atoms with van der Waals surface area (Å²) in [6.07, 6.45) is 4.80. The monoisotopic (exact) mass is 192 g/mol. The topological polar surface area (TPSA) is 38.9 Å². The average molecular weight is 192 g/mol. The normalized spacial score (nSPS) is 14.1. The van der Waals surface area contributed by atoms with Gasteiger partial charge < -0.3 is 5.73 Å². The molecule has 1 aromatic rings. The fourth-order valence-electron chi connectivity index (χ4n) is 1.42. The molecular weight excluding hydrogens is 172 g/mol. The van der Waals surface area contributed by atoms with Gasteiger partial charge in [-0.15, -0.1) is 0 Å². The number of aryl methyl sites for hydroxylation is 1. The summed E-state index contributed by atoms with van der Waals surface area (Å²) in [5, 5.41) is 0. The Morgan fingerprint density at radius 3 is 2.57 bits per heavy atom. The van der Waals surface area contributed by atoms with Gasteiger partial charge in [0.1, 0.15) is 0 Å². The van der Waals surface area contributed by atoms with Crippen LogP contribution < -0.4 is 5.73 Å². The van der Waals surface area contributed by atoms with Crippen LogP contribution in [0.1, 0.15) is 44.4 Å². The number of aromatic nitrogens is 1. The van der Waals surface area contributed by atoms with Gasteiger partial charge in [0.05, 0.1) is 0 Å². The highest BCUT2D eigenvalue weighted by Crippen LogP contribution is 2.33. The smallest absolute Gasteiger partial charge is 0.0362 e. The van der Waals surface area contributed by atoms with Crippen molar-refractivity contribution in [2.75, 3.05) is 0 Å². The van der Waals surface area contributed by atoms with Crippen LogP contribution in [0, 0.1) is 12.3 Å². The van der Waals surface area contributed by atoms with Gasteiger partial charge >= 0.3 is 0 Å². The first-order valence-electron chi connectivity index (χ1n) is 5.14. The molecule has 0 radical (unpaired) electrons. The molecule has 1 atom stereocenters. The lowest BCUT2D eigenvalue weighted by Gasteiger charge is -2.30. The maximum atomic E-state index is 6.21. The van der Waals surface area contributed by atoms with E-state index in [1.807, 2.05) is 19.3 Å².